The predicted octanol–water partition coefficient (Wildman–Crippen LogP) is 0.582. The highest BCUT2D eigenvalue weighted by atomic mass is 35.5. The molecule has 7 aliphatic rings. The van der Waals surface area contributed by atoms with Crippen LogP contribution in [-0.4, -0.2) is 42.0 Å². The third-order valence-electron chi connectivity index (χ3n) is 10.00. The molecule has 26 heavy (non-hydrogen) atoms. The number of hydrogen-bond acceptors (Lipinski definition) is 3. The monoisotopic (exact) mass is 378 g/mol. The Morgan fingerprint density at radius 1 is 1.15 bits per heavy atom. The number of ether oxygens (including phenoxy) is 1. The minimum Gasteiger partial charge on any atom is -1.00 e. The lowest BCUT2D eigenvalue weighted by Gasteiger charge is -2.73. The van der Waals surface area contributed by atoms with E-state index in [1.807, 2.05) is 0 Å². The fourth-order valence-electron chi connectivity index (χ4n) is 9.23. The van der Waals surface area contributed by atoms with Gasteiger partial charge in [-0.05, 0) is 73.7 Å². The molecule has 0 aromatic heterocycles. The van der Waals surface area contributed by atoms with Crippen molar-refractivity contribution < 1.29 is 22.3 Å². The molecular formula is C22H33ClNO2-. The Morgan fingerprint density at radius 3 is 2.81 bits per heavy atom. The van der Waals surface area contributed by atoms with Gasteiger partial charge in [0, 0.05) is 23.9 Å². The van der Waals surface area contributed by atoms with Gasteiger partial charge in [-0.1, -0.05) is 19.9 Å². The van der Waals surface area contributed by atoms with Gasteiger partial charge in [-0.2, -0.15) is 0 Å². The van der Waals surface area contributed by atoms with Gasteiger partial charge in [0.15, 0.2) is 0 Å². The lowest BCUT2D eigenvalue weighted by Crippen LogP contribution is -3.00. The Bertz CT molecular complexity index is 640. The molecule has 2 heterocycles. The van der Waals surface area contributed by atoms with E-state index in [1.54, 1.807) is 0 Å². The van der Waals surface area contributed by atoms with Crippen LogP contribution in [0.3, 0.4) is 0 Å². The first kappa shape index (κ1) is 18.0. The molecule has 8 atom stereocenters. The van der Waals surface area contributed by atoms with Crippen molar-refractivity contribution in [2.45, 2.75) is 70.6 Å². The van der Waals surface area contributed by atoms with Crippen LogP contribution in [0.5, 0.6) is 0 Å². The zero-order valence-corrected chi connectivity index (χ0v) is 16.8. The second-order valence-corrected chi connectivity index (χ2v) is 10.6. The summed E-state index contributed by atoms with van der Waals surface area (Å²) in [5, 5.41) is 11.3. The molecule has 1 N–H and O–H groups in total. The van der Waals surface area contributed by atoms with E-state index in [4.69, 9.17) is 4.74 Å². The summed E-state index contributed by atoms with van der Waals surface area (Å²) in [6, 6.07) is 0. The van der Waals surface area contributed by atoms with Crippen LogP contribution in [-0.2, 0) is 4.74 Å². The molecule has 0 aromatic rings. The third kappa shape index (κ3) is 1.83. The molecule has 2 saturated heterocycles. The van der Waals surface area contributed by atoms with Crippen molar-refractivity contribution in [3.63, 3.8) is 0 Å². The van der Waals surface area contributed by atoms with Crippen LogP contribution in [0.2, 0.25) is 0 Å². The summed E-state index contributed by atoms with van der Waals surface area (Å²) in [5.74, 6) is 1.99. The second-order valence-electron chi connectivity index (χ2n) is 10.6. The third-order valence-corrected chi connectivity index (χ3v) is 10.00. The van der Waals surface area contributed by atoms with Gasteiger partial charge in [0.25, 0.3) is 0 Å². The zero-order valence-electron chi connectivity index (χ0n) is 16.1. The minimum absolute atomic E-state index is 0. The number of nitrogens with zero attached hydrogens (tertiary/aromatic N) is 1. The first-order valence-corrected chi connectivity index (χ1v) is 10.7. The van der Waals surface area contributed by atoms with Crippen LogP contribution >= 0.6 is 0 Å². The van der Waals surface area contributed by atoms with E-state index >= 15 is 0 Å². The molecule has 146 valence electrons. The highest BCUT2D eigenvalue weighted by molar-refractivity contribution is 5.28. The fourth-order valence-corrected chi connectivity index (χ4v) is 9.23. The molecule has 2 aliphatic heterocycles. The van der Waals surface area contributed by atoms with Crippen molar-refractivity contribution in [1.29, 1.82) is 0 Å². The first-order valence-electron chi connectivity index (χ1n) is 10.7. The van der Waals surface area contributed by atoms with Crippen LogP contribution in [0.4, 0.5) is 0 Å². The second kappa shape index (κ2) is 5.49. The molecule has 1 spiro atoms. The number of hydrogen-bond donors (Lipinski definition) is 1. The van der Waals surface area contributed by atoms with E-state index in [1.165, 1.54) is 57.9 Å². The minimum atomic E-state index is -0.259. The average molecular weight is 379 g/mol. The molecule has 3 unspecified atom stereocenters. The van der Waals surface area contributed by atoms with E-state index in [9.17, 15) is 5.11 Å². The molecule has 7 fully saturated rings. The van der Waals surface area contributed by atoms with E-state index in [2.05, 4.69) is 18.4 Å². The maximum Gasteiger partial charge on any atom is 0.117 e. The van der Waals surface area contributed by atoms with Gasteiger partial charge < -0.3 is 22.3 Å². The number of aliphatic hydroxyl groups excluding tert-OH is 1. The van der Waals surface area contributed by atoms with Gasteiger partial charge in [-0.15, -0.1) is 0 Å². The SMILES string of the molecule is C=C1[C@@H]2CCC3(CCC4C5(CCC[C@@]4(C)CN4CCO[C@@H]45)[C@@H]3C2)[C@@H]1O.[Cl-]. The van der Waals surface area contributed by atoms with Crippen molar-refractivity contribution in [1.82, 2.24) is 4.90 Å². The Balaban J connectivity index is 0.00000150. The number of halogens is 1. The molecule has 0 radical (unpaired) electrons. The van der Waals surface area contributed by atoms with Gasteiger partial charge >= 0.3 is 0 Å². The van der Waals surface area contributed by atoms with Gasteiger partial charge in [0.05, 0.1) is 12.7 Å². The lowest BCUT2D eigenvalue weighted by molar-refractivity contribution is -0.290. The normalized spacial score (nSPS) is 57.8. The largest absolute Gasteiger partial charge is 1.00 e. The first-order chi connectivity index (χ1) is 12.0. The summed E-state index contributed by atoms with van der Waals surface area (Å²) < 4.78 is 6.49. The summed E-state index contributed by atoms with van der Waals surface area (Å²) in [4.78, 5) is 2.69. The molecular weight excluding hydrogens is 346 g/mol. The van der Waals surface area contributed by atoms with Crippen LogP contribution in [0, 0.1) is 34.0 Å². The van der Waals surface area contributed by atoms with E-state index < -0.39 is 0 Å². The molecule has 5 saturated carbocycles. The molecule has 3 nitrogen and oxygen atoms in total. The van der Waals surface area contributed by atoms with Gasteiger partial charge in [0.2, 0.25) is 0 Å². The summed E-state index contributed by atoms with van der Waals surface area (Å²) >= 11 is 0. The maximum absolute atomic E-state index is 11.3. The van der Waals surface area contributed by atoms with E-state index in [0.29, 0.717) is 28.9 Å². The number of aliphatic hydroxyl groups is 1. The Morgan fingerprint density at radius 2 is 1.96 bits per heavy atom. The summed E-state index contributed by atoms with van der Waals surface area (Å²) in [5.41, 5.74) is 2.02. The predicted molar refractivity (Wildman–Crippen MR) is 96.8 cm³/mol. The van der Waals surface area contributed by atoms with Gasteiger partial charge in [-0.3, -0.25) is 4.90 Å². The van der Waals surface area contributed by atoms with Crippen molar-refractivity contribution in [2.24, 2.45) is 34.0 Å². The smallest absolute Gasteiger partial charge is 0.117 e. The van der Waals surface area contributed by atoms with E-state index in [-0.39, 0.29) is 23.9 Å². The summed E-state index contributed by atoms with van der Waals surface area (Å²) in [6.07, 6.45) is 10.4. The lowest BCUT2D eigenvalue weighted by atomic mass is 9.34. The van der Waals surface area contributed by atoms with Crippen molar-refractivity contribution in [2.75, 3.05) is 19.7 Å². The molecule has 0 amide bonds. The van der Waals surface area contributed by atoms with E-state index in [0.717, 1.165) is 24.6 Å². The van der Waals surface area contributed by atoms with Crippen LogP contribution in [0.25, 0.3) is 0 Å². The number of piperidine rings is 1. The van der Waals surface area contributed by atoms with Gasteiger partial charge in [-0.25, -0.2) is 0 Å². The molecule has 7 rings (SSSR count). The van der Waals surface area contributed by atoms with Crippen molar-refractivity contribution >= 4 is 0 Å². The Kier molecular flexibility index (Phi) is 3.80. The van der Waals surface area contributed by atoms with Crippen LogP contribution in [0.1, 0.15) is 58.3 Å². The Labute approximate surface area is 163 Å². The molecule has 4 heteroatoms. The molecule has 4 bridgehead atoms. The fraction of sp³-hybridized carbons (Fsp3) is 0.909. The van der Waals surface area contributed by atoms with Crippen molar-refractivity contribution in [3.05, 3.63) is 12.2 Å². The number of fused-ring (bicyclic) bond motifs is 3. The van der Waals surface area contributed by atoms with Gasteiger partial charge in [0.1, 0.15) is 6.23 Å². The quantitative estimate of drug-likeness (QED) is 0.626. The molecule has 5 aliphatic carbocycles. The van der Waals surface area contributed by atoms with Crippen LogP contribution in [0.15, 0.2) is 12.2 Å². The highest BCUT2D eigenvalue weighted by Crippen LogP contribution is 2.75. The maximum atomic E-state index is 11.3. The standard InChI is InChI=1S/C22H33NO2.ClH/c1-14-15-4-8-21(18(14)24)9-5-16-20(2)6-3-7-22(16,17(21)12-15)19-23(13-20)10-11-25-19;/h15-19,24H,1,3-13H2,2H3;1H/p-1/t15-,16?,17-,18-,19-,20+,21?,22?;/m1./s1. The topological polar surface area (TPSA) is 32.7 Å². The summed E-state index contributed by atoms with van der Waals surface area (Å²) in [7, 11) is 0. The summed E-state index contributed by atoms with van der Waals surface area (Å²) in [6.45, 7) is 10.2. The van der Waals surface area contributed by atoms with Crippen LogP contribution < -0.4 is 12.4 Å². The number of rotatable bonds is 0. The molecule has 0 aromatic carbocycles. The van der Waals surface area contributed by atoms with Crippen molar-refractivity contribution in [3.8, 4) is 0 Å². The average Bonchev–Trinajstić information content (AvgIpc) is 3.06. The zero-order chi connectivity index (χ0) is 17.0. The highest BCUT2D eigenvalue weighted by Gasteiger charge is 2.73. The Hall–Kier alpha value is -0.0900.